The Bertz CT molecular complexity index is 795. The molecular formula is C16H14F3NO5. The van der Waals surface area contributed by atoms with Crippen molar-refractivity contribution in [2.75, 3.05) is 0 Å². The quantitative estimate of drug-likeness (QED) is 0.856. The van der Waals surface area contributed by atoms with Crippen LogP contribution in [0, 0.1) is 0 Å². The third-order valence-corrected chi connectivity index (χ3v) is 3.17. The zero-order valence-electron chi connectivity index (χ0n) is 13.2. The van der Waals surface area contributed by atoms with Gasteiger partial charge in [-0.15, -0.1) is 13.2 Å². The molecule has 1 aromatic heterocycles. The van der Waals surface area contributed by atoms with Gasteiger partial charge in [-0.1, -0.05) is 12.1 Å². The minimum absolute atomic E-state index is 0.00336. The molecule has 0 saturated heterocycles. The Morgan fingerprint density at radius 2 is 1.76 bits per heavy atom. The van der Waals surface area contributed by atoms with Gasteiger partial charge in [0.25, 0.3) is 5.91 Å². The normalized spacial score (nSPS) is 11.9. The number of carbonyl (C=O) groups is 2. The van der Waals surface area contributed by atoms with Crippen molar-refractivity contribution in [2.24, 2.45) is 0 Å². The topological polar surface area (TPSA) is 88.8 Å². The van der Waals surface area contributed by atoms with Gasteiger partial charge in [0.05, 0.1) is 5.56 Å². The number of aliphatic carboxylic acids is 1. The number of ether oxygens (including phenoxy) is 1. The number of alkyl halides is 3. The van der Waals surface area contributed by atoms with Crippen molar-refractivity contribution in [1.29, 1.82) is 0 Å². The van der Waals surface area contributed by atoms with Crippen LogP contribution in [0.25, 0.3) is 11.3 Å². The van der Waals surface area contributed by atoms with E-state index in [4.69, 9.17) is 9.52 Å². The van der Waals surface area contributed by atoms with Gasteiger partial charge >= 0.3 is 12.3 Å². The van der Waals surface area contributed by atoms with Crippen molar-refractivity contribution in [3.05, 3.63) is 42.2 Å². The number of hydrogen-bond acceptors (Lipinski definition) is 4. The molecule has 0 radical (unpaired) electrons. The van der Waals surface area contributed by atoms with Crippen LogP contribution in [-0.4, -0.2) is 28.9 Å². The molecule has 1 amide bonds. The first-order chi connectivity index (χ1) is 11.5. The maximum Gasteiger partial charge on any atom is 0.573 e. The lowest BCUT2D eigenvalue weighted by Crippen LogP contribution is -2.49. The van der Waals surface area contributed by atoms with Gasteiger partial charge in [0, 0.05) is 0 Å². The Labute approximate surface area is 140 Å². The van der Waals surface area contributed by atoms with Crippen LogP contribution >= 0.6 is 0 Å². The summed E-state index contributed by atoms with van der Waals surface area (Å²) >= 11 is 0. The number of furan rings is 1. The Morgan fingerprint density at radius 1 is 1.12 bits per heavy atom. The van der Waals surface area contributed by atoms with E-state index >= 15 is 0 Å². The van der Waals surface area contributed by atoms with Crippen LogP contribution in [-0.2, 0) is 4.79 Å². The van der Waals surface area contributed by atoms with Gasteiger partial charge in [0.2, 0.25) is 0 Å². The average Bonchev–Trinajstić information content (AvgIpc) is 2.95. The van der Waals surface area contributed by atoms with E-state index in [1.54, 1.807) is 0 Å². The number of para-hydroxylation sites is 1. The molecule has 0 fully saturated rings. The van der Waals surface area contributed by atoms with Gasteiger partial charge in [-0.25, -0.2) is 4.79 Å². The molecule has 6 nitrogen and oxygen atoms in total. The maximum absolute atomic E-state index is 12.5. The van der Waals surface area contributed by atoms with Crippen molar-refractivity contribution >= 4 is 11.9 Å². The van der Waals surface area contributed by atoms with Gasteiger partial charge < -0.3 is 19.6 Å². The molecule has 0 atom stereocenters. The lowest BCUT2D eigenvalue weighted by atomic mass is 10.1. The molecule has 25 heavy (non-hydrogen) atoms. The van der Waals surface area contributed by atoms with E-state index < -0.39 is 29.5 Å². The molecule has 0 aliphatic rings. The van der Waals surface area contributed by atoms with Crippen molar-refractivity contribution < 1.29 is 37.0 Å². The molecule has 0 saturated carbocycles. The van der Waals surface area contributed by atoms with Crippen LogP contribution in [0.3, 0.4) is 0 Å². The SMILES string of the molecule is CC(C)(NC(=O)c1ccc(-c2ccccc2OC(F)(F)F)o1)C(=O)O. The lowest BCUT2D eigenvalue weighted by Gasteiger charge is -2.20. The van der Waals surface area contributed by atoms with Crippen LogP contribution in [0.5, 0.6) is 5.75 Å². The van der Waals surface area contributed by atoms with Crippen molar-refractivity contribution in [2.45, 2.75) is 25.7 Å². The summed E-state index contributed by atoms with van der Waals surface area (Å²) in [6.45, 7) is 2.56. The highest BCUT2D eigenvalue weighted by atomic mass is 19.4. The molecule has 0 unspecified atom stereocenters. The standard InChI is InChI=1S/C16H14F3NO5/c1-15(2,14(22)23)20-13(21)12-8-7-10(24-12)9-5-3-4-6-11(9)25-16(17,18)19/h3-8H,1-2H3,(H,20,21)(H,22,23). The van der Waals surface area contributed by atoms with Gasteiger partial charge in [0.15, 0.2) is 5.76 Å². The minimum atomic E-state index is -4.88. The molecular weight excluding hydrogens is 343 g/mol. The van der Waals surface area contributed by atoms with Gasteiger partial charge in [-0.3, -0.25) is 4.79 Å². The minimum Gasteiger partial charge on any atom is -0.480 e. The zero-order valence-corrected chi connectivity index (χ0v) is 13.2. The summed E-state index contributed by atoms with van der Waals surface area (Å²) in [7, 11) is 0. The van der Waals surface area contributed by atoms with E-state index in [9.17, 15) is 22.8 Å². The molecule has 134 valence electrons. The monoisotopic (exact) mass is 357 g/mol. The third kappa shape index (κ3) is 4.52. The molecule has 1 heterocycles. The van der Waals surface area contributed by atoms with Crippen LogP contribution < -0.4 is 10.1 Å². The summed E-state index contributed by atoms with van der Waals surface area (Å²) in [6, 6.07) is 7.81. The smallest absolute Gasteiger partial charge is 0.480 e. The fourth-order valence-corrected chi connectivity index (χ4v) is 1.89. The molecule has 0 bridgehead atoms. The number of carbonyl (C=O) groups excluding carboxylic acids is 1. The Hall–Kier alpha value is -2.97. The molecule has 9 heteroatoms. The summed E-state index contributed by atoms with van der Waals surface area (Å²) in [6.07, 6.45) is -4.88. The van der Waals surface area contributed by atoms with Crippen LogP contribution in [0.15, 0.2) is 40.8 Å². The average molecular weight is 357 g/mol. The second-order valence-corrected chi connectivity index (χ2v) is 5.59. The number of rotatable bonds is 5. The van der Waals surface area contributed by atoms with E-state index in [0.29, 0.717) is 0 Å². The number of nitrogens with one attached hydrogen (secondary N) is 1. The lowest BCUT2D eigenvalue weighted by molar-refractivity contribution is -0.274. The van der Waals surface area contributed by atoms with Crippen LogP contribution in [0.2, 0.25) is 0 Å². The Morgan fingerprint density at radius 3 is 2.36 bits per heavy atom. The second kappa shape index (κ2) is 6.50. The largest absolute Gasteiger partial charge is 0.573 e. The van der Waals surface area contributed by atoms with Crippen molar-refractivity contribution in [3.8, 4) is 17.1 Å². The molecule has 0 spiro atoms. The third-order valence-electron chi connectivity index (χ3n) is 3.17. The number of benzene rings is 1. The van der Waals surface area contributed by atoms with Crippen molar-refractivity contribution in [1.82, 2.24) is 5.32 Å². The molecule has 1 aromatic carbocycles. The first-order valence-electron chi connectivity index (χ1n) is 7.00. The number of halogens is 3. The van der Waals surface area contributed by atoms with E-state index in [-0.39, 0.29) is 17.1 Å². The Balaban J connectivity index is 2.28. The van der Waals surface area contributed by atoms with E-state index in [2.05, 4.69) is 10.1 Å². The molecule has 2 N–H and O–H groups in total. The van der Waals surface area contributed by atoms with Gasteiger partial charge in [0.1, 0.15) is 17.0 Å². The summed E-state index contributed by atoms with van der Waals surface area (Å²) in [5, 5.41) is 11.2. The first kappa shape index (κ1) is 18.4. The fraction of sp³-hybridized carbons (Fsp3) is 0.250. The highest BCUT2D eigenvalue weighted by Gasteiger charge is 2.33. The second-order valence-electron chi connectivity index (χ2n) is 5.59. The van der Waals surface area contributed by atoms with Gasteiger partial charge in [-0.05, 0) is 38.1 Å². The molecule has 0 aliphatic carbocycles. The van der Waals surface area contributed by atoms with Crippen LogP contribution in [0.1, 0.15) is 24.4 Å². The van der Waals surface area contributed by atoms with E-state index in [0.717, 1.165) is 6.07 Å². The molecule has 2 rings (SSSR count). The Kier molecular flexibility index (Phi) is 4.78. The number of hydrogen-bond donors (Lipinski definition) is 2. The van der Waals surface area contributed by atoms with E-state index in [1.807, 2.05) is 0 Å². The zero-order chi connectivity index (χ0) is 18.8. The molecule has 0 aliphatic heterocycles. The van der Waals surface area contributed by atoms with E-state index in [1.165, 1.54) is 44.2 Å². The number of carboxylic acids is 1. The molecule has 2 aromatic rings. The number of amides is 1. The highest BCUT2D eigenvalue weighted by Crippen LogP contribution is 2.34. The van der Waals surface area contributed by atoms with Gasteiger partial charge in [-0.2, -0.15) is 0 Å². The number of carboxylic acid groups (broad SMARTS) is 1. The summed E-state index contributed by atoms with van der Waals surface area (Å²) in [4.78, 5) is 23.1. The predicted molar refractivity (Wildman–Crippen MR) is 80.0 cm³/mol. The van der Waals surface area contributed by atoms with Crippen LogP contribution in [0.4, 0.5) is 13.2 Å². The maximum atomic E-state index is 12.5. The summed E-state index contributed by atoms with van der Waals surface area (Å²) in [5.41, 5.74) is -1.54. The summed E-state index contributed by atoms with van der Waals surface area (Å²) in [5.74, 6) is -2.82. The first-order valence-corrected chi connectivity index (χ1v) is 7.00. The predicted octanol–water partition coefficient (Wildman–Crippen LogP) is 3.44. The van der Waals surface area contributed by atoms with Crippen molar-refractivity contribution in [3.63, 3.8) is 0 Å². The highest BCUT2D eigenvalue weighted by molar-refractivity contribution is 5.96. The summed E-state index contributed by atoms with van der Waals surface area (Å²) < 4.78 is 46.6. The fourth-order valence-electron chi connectivity index (χ4n) is 1.89.